The monoisotopic (exact) mass is 582 g/mol. The quantitative estimate of drug-likeness (QED) is 0.241. The Hall–Kier alpha value is -5.09. The summed E-state index contributed by atoms with van der Waals surface area (Å²) >= 11 is 0. The van der Waals surface area contributed by atoms with Gasteiger partial charge < -0.3 is 0 Å². The highest BCUT2D eigenvalue weighted by Crippen LogP contribution is 2.52. The Kier molecular flexibility index (Phi) is 6.33. The molecule has 0 spiro atoms. The van der Waals surface area contributed by atoms with Crippen LogP contribution in [-0.2, 0) is 0 Å². The van der Waals surface area contributed by atoms with Crippen LogP contribution in [0.2, 0.25) is 0 Å². The third-order valence-electron chi connectivity index (χ3n) is 10.0. The highest BCUT2D eigenvalue weighted by Gasteiger charge is 2.39. The lowest BCUT2D eigenvalue weighted by Gasteiger charge is -2.38. The van der Waals surface area contributed by atoms with Gasteiger partial charge in [0.25, 0.3) is 0 Å². The van der Waals surface area contributed by atoms with Gasteiger partial charge in [-0.1, -0.05) is 115 Å². The largest absolute Gasteiger partial charge is 0.287 e. The fourth-order valence-corrected chi connectivity index (χ4v) is 7.92. The van der Waals surface area contributed by atoms with Crippen LogP contribution in [0.1, 0.15) is 53.7 Å². The zero-order chi connectivity index (χ0) is 29.7. The minimum absolute atomic E-state index is 0.123. The molecule has 4 aromatic rings. The van der Waals surface area contributed by atoms with Gasteiger partial charge in [0, 0.05) is 34.8 Å². The van der Waals surface area contributed by atoms with Crippen molar-refractivity contribution in [2.24, 2.45) is 22.7 Å². The summed E-state index contributed by atoms with van der Waals surface area (Å²) in [6.45, 7) is 0. The molecule has 3 aliphatic carbocycles. The minimum atomic E-state index is 0.123. The second-order valence-corrected chi connectivity index (χ2v) is 12.6. The van der Waals surface area contributed by atoms with Crippen molar-refractivity contribution in [3.8, 4) is 22.4 Å². The highest BCUT2D eigenvalue weighted by molar-refractivity contribution is 5.92. The molecule has 0 saturated heterocycles. The van der Waals surface area contributed by atoms with E-state index in [0.29, 0.717) is 5.92 Å². The predicted octanol–water partition coefficient (Wildman–Crippen LogP) is 9.50. The maximum atomic E-state index is 5.27. The molecule has 4 heteroatoms. The Balaban J connectivity index is 1.22. The number of allylic oxidation sites excluding steroid dienone is 10. The van der Waals surface area contributed by atoms with E-state index in [2.05, 4.69) is 145 Å². The Morgan fingerprint density at radius 3 is 2.49 bits per heavy atom. The van der Waals surface area contributed by atoms with Crippen LogP contribution in [0.5, 0.6) is 0 Å². The third kappa shape index (κ3) is 4.39. The molecule has 0 radical (unpaired) electrons. The van der Waals surface area contributed by atoms with E-state index in [4.69, 9.17) is 15.1 Å². The van der Waals surface area contributed by atoms with Crippen LogP contribution in [-0.4, -0.2) is 21.0 Å². The standard InChI is InChI=1S/C41H34N4/c1-3-11-27(12-4-1)35-26-43-45-40(30-13-5-2-6-14-30)37(33-18-7-8-19-34(33)41(35)45)32-16-9-15-31(25-32)36-23-22-29-21-20-28-17-10-24-42-38(28)39(29)44-36/h1-9,11-13,15-16,18-26,28,30,33-34,38H,10,14,17H2. The number of benzene rings is 2. The molecule has 0 amide bonds. The molecule has 5 unspecified atom stereocenters. The first-order valence-corrected chi connectivity index (χ1v) is 16.2. The van der Waals surface area contributed by atoms with Gasteiger partial charge in [0.1, 0.15) is 0 Å². The molecular weight excluding hydrogens is 548 g/mol. The lowest BCUT2D eigenvalue weighted by Crippen LogP contribution is -2.27. The van der Waals surface area contributed by atoms with Gasteiger partial charge in [-0.15, -0.1) is 0 Å². The number of aliphatic imine (C=N–C) groups is 1. The topological polar surface area (TPSA) is 43.1 Å². The van der Waals surface area contributed by atoms with Crippen molar-refractivity contribution in [2.45, 2.75) is 31.2 Å². The maximum Gasteiger partial charge on any atom is 0.0984 e. The van der Waals surface area contributed by atoms with Crippen molar-refractivity contribution in [3.63, 3.8) is 0 Å². The fraction of sp³-hybridized carbons (Fsp3) is 0.195. The molecule has 0 N–H and O–H groups in total. The Labute approximate surface area is 264 Å². The van der Waals surface area contributed by atoms with Crippen LogP contribution in [0.25, 0.3) is 39.7 Å². The van der Waals surface area contributed by atoms with Crippen LogP contribution in [0, 0.1) is 17.8 Å². The summed E-state index contributed by atoms with van der Waals surface area (Å²) in [7, 11) is 0. The van der Waals surface area contributed by atoms with Crippen molar-refractivity contribution in [3.05, 3.63) is 150 Å². The maximum absolute atomic E-state index is 5.27. The smallest absolute Gasteiger partial charge is 0.0984 e. The molecule has 0 fully saturated rings. The molecule has 45 heavy (non-hydrogen) atoms. The van der Waals surface area contributed by atoms with Crippen molar-refractivity contribution in [1.29, 1.82) is 0 Å². The molecule has 4 heterocycles. The Morgan fingerprint density at radius 1 is 0.756 bits per heavy atom. The lowest BCUT2D eigenvalue weighted by molar-refractivity contribution is 0.467. The molecule has 9 rings (SSSR count). The van der Waals surface area contributed by atoms with Crippen molar-refractivity contribution in [2.75, 3.05) is 0 Å². The molecule has 5 atom stereocenters. The zero-order valence-electron chi connectivity index (χ0n) is 25.1. The summed E-state index contributed by atoms with van der Waals surface area (Å²) in [5.41, 5.74) is 12.0. The van der Waals surface area contributed by atoms with E-state index in [9.17, 15) is 0 Å². The first-order chi connectivity index (χ1) is 22.3. The van der Waals surface area contributed by atoms with E-state index in [1.54, 1.807) is 0 Å². The molecule has 4 nitrogen and oxygen atoms in total. The average Bonchev–Trinajstić information content (AvgIpc) is 3.57. The van der Waals surface area contributed by atoms with E-state index < -0.39 is 0 Å². The van der Waals surface area contributed by atoms with E-state index in [1.807, 2.05) is 0 Å². The number of aromatic nitrogens is 3. The summed E-state index contributed by atoms with van der Waals surface area (Å²) in [4.78, 5) is 10.2. The first kappa shape index (κ1) is 26.3. The van der Waals surface area contributed by atoms with Gasteiger partial charge in [-0.3, -0.25) is 4.99 Å². The summed E-state index contributed by atoms with van der Waals surface area (Å²) in [6, 6.07) is 24.2. The minimum Gasteiger partial charge on any atom is -0.287 e. The van der Waals surface area contributed by atoms with E-state index in [-0.39, 0.29) is 23.8 Å². The van der Waals surface area contributed by atoms with Crippen molar-refractivity contribution >= 4 is 23.6 Å². The molecule has 218 valence electrons. The Bertz CT molecular complexity index is 2010. The Morgan fingerprint density at radius 2 is 1.60 bits per heavy atom. The molecule has 5 aliphatic rings. The number of rotatable bonds is 4. The van der Waals surface area contributed by atoms with Gasteiger partial charge in [0.2, 0.25) is 0 Å². The van der Waals surface area contributed by atoms with Crippen LogP contribution in [0.3, 0.4) is 0 Å². The van der Waals surface area contributed by atoms with E-state index >= 15 is 0 Å². The number of fused-ring (bicyclic) bond motifs is 6. The van der Waals surface area contributed by atoms with Crippen molar-refractivity contribution < 1.29 is 0 Å². The second kappa shape index (κ2) is 10.8. The third-order valence-corrected chi connectivity index (χ3v) is 10.0. The van der Waals surface area contributed by atoms with Crippen LogP contribution >= 0.6 is 0 Å². The normalized spacial score (nSPS) is 25.6. The average molecular weight is 583 g/mol. The summed E-state index contributed by atoms with van der Waals surface area (Å²) in [5.74, 6) is 1.06. The number of pyridine rings is 1. The van der Waals surface area contributed by atoms with Crippen LogP contribution in [0.15, 0.2) is 133 Å². The van der Waals surface area contributed by atoms with E-state index in [1.165, 1.54) is 39.2 Å². The lowest BCUT2D eigenvalue weighted by atomic mass is 9.72. The van der Waals surface area contributed by atoms with Gasteiger partial charge in [0.05, 0.1) is 35.0 Å². The molecule has 0 saturated carbocycles. The number of hydrogen-bond acceptors (Lipinski definition) is 3. The van der Waals surface area contributed by atoms with Crippen LogP contribution < -0.4 is 0 Å². The summed E-state index contributed by atoms with van der Waals surface area (Å²) < 4.78 is 2.27. The molecule has 2 aliphatic heterocycles. The van der Waals surface area contributed by atoms with Gasteiger partial charge >= 0.3 is 0 Å². The molecule has 0 bridgehead atoms. The highest BCUT2D eigenvalue weighted by atomic mass is 15.3. The summed E-state index contributed by atoms with van der Waals surface area (Å²) in [6.07, 6.45) is 30.0. The van der Waals surface area contributed by atoms with Gasteiger partial charge in [-0.2, -0.15) is 5.10 Å². The van der Waals surface area contributed by atoms with Gasteiger partial charge in [-0.25, -0.2) is 9.67 Å². The number of hydrogen-bond donors (Lipinski definition) is 0. The molecule has 2 aromatic heterocycles. The zero-order valence-corrected chi connectivity index (χ0v) is 25.1. The molecular formula is C41H34N4. The fourth-order valence-electron chi connectivity index (χ4n) is 7.92. The van der Waals surface area contributed by atoms with Crippen LogP contribution in [0.4, 0.5) is 0 Å². The number of nitrogens with zero attached hydrogens (tertiary/aromatic N) is 4. The van der Waals surface area contributed by atoms with Gasteiger partial charge in [-0.05, 0) is 59.9 Å². The van der Waals surface area contributed by atoms with Crippen molar-refractivity contribution in [1.82, 2.24) is 14.8 Å². The predicted molar refractivity (Wildman–Crippen MR) is 184 cm³/mol. The summed E-state index contributed by atoms with van der Waals surface area (Å²) in [5, 5.41) is 5.13. The second-order valence-electron chi connectivity index (χ2n) is 12.6. The van der Waals surface area contributed by atoms with E-state index in [0.717, 1.165) is 36.2 Å². The van der Waals surface area contributed by atoms with Gasteiger partial charge in [0.15, 0.2) is 0 Å². The molecule has 2 aromatic carbocycles. The SMILES string of the molecule is C1=CCC(C2=C(c3cccc(-c4ccc5c(n4)C4N=CCCC4C=C5)c3)C3C=CC=CC3c3c(-c4ccccc4)cnn32)C=C1. The first-order valence-electron chi connectivity index (χ1n) is 16.2.